The summed E-state index contributed by atoms with van der Waals surface area (Å²) in [6.45, 7) is 1.38. The maximum Gasteiger partial charge on any atom is 0.416 e. The molecule has 0 fully saturated rings. The molecular weight excluding hydrogens is 529 g/mol. The van der Waals surface area contributed by atoms with E-state index in [1.165, 1.54) is 18.2 Å². The fourth-order valence-corrected chi connectivity index (χ4v) is 5.11. The molecule has 10 heteroatoms. The number of carbonyl (C=O) groups excluding carboxylic acids is 1. The van der Waals surface area contributed by atoms with Gasteiger partial charge in [-0.25, -0.2) is 8.42 Å². The van der Waals surface area contributed by atoms with E-state index in [0.29, 0.717) is 28.4 Å². The van der Waals surface area contributed by atoms with Crippen LogP contribution in [-0.4, -0.2) is 20.9 Å². The van der Waals surface area contributed by atoms with Crippen LogP contribution in [0.25, 0.3) is 0 Å². The Labute approximate surface area is 224 Å². The molecule has 0 saturated carbocycles. The van der Waals surface area contributed by atoms with Crippen molar-refractivity contribution in [1.29, 1.82) is 0 Å². The van der Waals surface area contributed by atoms with Crippen LogP contribution in [0.2, 0.25) is 0 Å². The Morgan fingerprint density at radius 2 is 1.54 bits per heavy atom. The van der Waals surface area contributed by atoms with Gasteiger partial charge in [-0.15, -0.1) is 0 Å². The zero-order valence-corrected chi connectivity index (χ0v) is 21.7. The second-order valence-corrected chi connectivity index (χ2v) is 10.6. The van der Waals surface area contributed by atoms with Crippen LogP contribution in [0.1, 0.15) is 16.7 Å². The van der Waals surface area contributed by atoms with Crippen molar-refractivity contribution in [3.63, 3.8) is 0 Å². The zero-order chi connectivity index (χ0) is 28.0. The number of alkyl halides is 3. The summed E-state index contributed by atoms with van der Waals surface area (Å²) in [4.78, 5) is 12.8. The Kier molecular flexibility index (Phi) is 8.25. The number of rotatable bonds is 9. The zero-order valence-electron chi connectivity index (χ0n) is 20.9. The van der Waals surface area contributed by atoms with Gasteiger partial charge in [-0.3, -0.25) is 9.10 Å². The summed E-state index contributed by atoms with van der Waals surface area (Å²) in [6, 6.07) is 25.7. The van der Waals surface area contributed by atoms with Crippen molar-refractivity contribution >= 4 is 27.3 Å². The minimum Gasteiger partial charge on any atom is -0.489 e. The van der Waals surface area contributed by atoms with Crippen LogP contribution in [0, 0.1) is 6.92 Å². The minimum absolute atomic E-state index is 0.154. The van der Waals surface area contributed by atoms with E-state index in [1.54, 1.807) is 43.3 Å². The van der Waals surface area contributed by atoms with Crippen molar-refractivity contribution in [3.8, 4) is 5.75 Å². The monoisotopic (exact) mass is 554 g/mol. The first-order chi connectivity index (χ1) is 18.5. The standard InChI is InChI=1S/C29H25F3N2O4S/c1-21-10-16-27(17-11-21)39(36,37)34(25-9-5-8-23(18-25)29(30,31)32)19-28(35)33-24-12-14-26(15-13-24)38-20-22-6-3-2-4-7-22/h2-18H,19-20H2,1H3,(H,33,35). The number of amides is 1. The summed E-state index contributed by atoms with van der Waals surface area (Å²) in [5, 5.41) is 2.60. The molecule has 1 amide bonds. The third-order valence-corrected chi connectivity index (χ3v) is 7.53. The lowest BCUT2D eigenvalue weighted by atomic mass is 10.2. The van der Waals surface area contributed by atoms with Crippen LogP contribution in [0.15, 0.2) is 108 Å². The van der Waals surface area contributed by atoms with E-state index in [0.717, 1.165) is 23.3 Å². The third kappa shape index (κ3) is 7.17. The Hall–Kier alpha value is -4.31. The van der Waals surface area contributed by atoms with Crippen molar-refractivity contribution < 1.29 is 31.1 Å². The molecule has 0 aliphatic carbocycles. The highest BCUT2D eigenvalue weighted by Crippen LogP contribution is 2.33. The predicted octanol–water partition coefficient (Wildman–Crippen LogP) is 6.43. The number of halogens is 3. The number of nitrogens with zero attached hydrogens (tertiary/aromatic N) is 1. The fraction of sp³-hybridized carbons (Fsp3) is 0.138. The van der Waals surface area contributed by atoms with Crippen LogP contribution in [0.3, 0.4) is 0 Å². The normalized spacial score (nSPS) is 11.6. The number of nitrogens with one attached hydrogen (secondary N) is 1. The van der Waals surface area contributed by atoms with Gasteiger partial charge in [0.2, 0.25) is 5.91 Å². The van der Waals surface area contributed by atoms with Gasteiger partial charge in [0.05, 0.1) is 16.1 Å². The summed E-state index contributed by atoms with van der Waals surface area (Å²) >= 11 is 0. The summed E-state index contributed by atoms with van der Waals surface area (Å²) in [5.41, 5.74) is 0.831. The molecule has 39 heavy (non-hydrogen) atoms. The van der Waals surface area contributed by atoms with Crippen molar-refractivity contribution in [2.45, 2.75) is 24.6 Å². The van der Waals surface area contributed by atoms with Crippen LogP contribution < -0.4 is 14.4 Å². The molecule has 0 spiro atoms. The molecule has 0 saturated heterocycles. The molecule has 0 unspecified atom stereocenters. The average molecular weight is 555 g/mol. The molecule has 0 aliphatic rings. The SMILES string of the molecule is Cc1ccc(S(=O)(=O)N(CC(=O)Nc2ccc(OCc3ccccc3)cc2)c2cccc(C(F)(F)F)c2)cc1. The van der Waals surface area contributed by atoms with Gasteiger partial charge in [0, 0.05) is 5.69 Å². The maximum absolute atomic E-state index is 13.5. The van der Waals surface area contributed by atoms with Gasteiger partial charge in [-0.1, -0.05) is 54.1 Å². The third-order valence-electron chi connectivity index (χ3n) is 5.74. The van der Waals surface area contributed by atoms with E-state index in [4.69, 9.17) is 4.74 Å². The molecule has 0 aliphatic heterocycles. The number of hydrogen-bond acceptors (Lipinski definition) is 4. The number of aryl methyl sites for hydroxylation is 1. The average Bonchev–Trinajstić information content (AvgIpc) is 2.92. The van der Waals surface area contributed by atoms with Gasteiger partial charge in [-0.2, -0.15) is 13.2 Å². The number of anilines is 2. The molecular formula is C29H25F3N2O4S. The van der Waals surface area contributed by atoms with Crippen LogP contribution >= 0.6 is 0 Å². The first-order valence-corrected chi connectivity index (χ1v) is 13.3. The van der Waals surface area contributed by atoms with Crippen LogP contribution in [0.5, 0.6) is 5.75 Å². The van der Waals surface area contributed by atoms with E-state index in [1.807, 2.05) is 30.3 Å². The molecule has 0 atom stereocenters. The van der Waals surface area contributed by atoms with Gasteiger partial charge < -0.3 is 10.1 Å². The lowest BCUT2D eigenvalue weighted by Gasteiger charge is -2.25. The Bertz CT molecular complexity index is 1520. The topological polar surface area (TPSA) is 75.7 Å². The Morgan fingerprint density at radius 1 is 0.872 bits per heavy atom. The number of ether oxygens (including phenoxy) is 1. The molecule has 6 nitrogen and oxygen atoms in total. The largest absolute Gasteiger partial charge is 0.489 e. The van der Waals surface area contributed by atoms with Crippen molar-refractivity contribution in [2.75, 3.05) is 16.2 Å². The summed E-state index contributed by atoms with van der Waals surface area (Å²) in [6.07, 6.45) is -4.69. The van der Waals surface area contributed by atoms with E-state index < -0.39 is 34.2 Å². The second-order valence-electron chi connectivity index (χ2n) is 8.72. The highest BCUT2D eigenvalue weighted by molar-refractivity contribution is 7.92. The predicted molar refractivity (Wildman–Crippen MR) is 143 cm³/mol. The quantitative estimate of drug-likeness (QED) is 0.259. The second kappa shape index (κ2) is 11.6. The van der Waals surface area contributed by atoms with E-state index >= 15 is 0 Å². The molecule has 0 heterocycles. The van der Waals surface area contributed by atoms with Crippen molar-refractivity contribution in [2.24, 2.45) is 0 Å². The number of benzene rings is 4. The van der Waals surface area contributed by atoms with Gasteiger partial charge in [0.1, 0.15) is 18.9 Å². The number of sulfonamides is 1. The lowest BCUT2D eigenvalue weighted by molar-refractivity contribution is -0.137. The van der Waals surface area contributed by atoms with Gasteiger partial charge in [-0.05, 0) is 67.1 Å². The van der Waals surface area contributed by atoms with Crippen molar-refractivity contribution in [1.82, 2.24) is 0 Å². The van der Waals surface area contributed by atoms with Crippen LogP contribution in [0.4, 0.5) is 24.5 Å². The molecule has 4 rings (SSSR count). The molecule has 4 aromatic carbocycles. The summed E-state index contributed by atoms with van der Waals surface area (Å²) in [7, 11) is -4.38. The molecule has 0 bridgehead atoms. The highest BCUT2D eigenvalue weighted by atomic mass is 32.2. The van der Waals surface area contributed by atoms with Gasteiger partial charge >= 0.3 is 6.18 Å². The van der Waals surface area contributed by atoms with E-state index in [2.05, 4.69) is 5.32 Å². The van der Waals surface area contributed by atoms with Crippen LogP contribution in [-0.2, 0) is 27.6 Å². The number of carbonyl (C=O) groups is 1. The molecule has 0 radical (unpaired) electrons. The smallest absolute Gasteiger partial charge is 0.416 e. The van der Waals surface area contributed by atoms with Gasteiger partial charge in [0.25, 0.3) is 10.0 Å². The summed E-state index contributed by atoms with van der Waals surface area (Å²) in [5.74, 6) is -0.176. The van der Waals surface area contributed by atoms with Gasteiger partial charge in [0.15, 0.2) is 0 Å². The lowest BCUT2D eigenvalue weighted by Crippen LogP contribution is -2.38. The van der Waals surface area contributed by atoms with E-state index in [9.17, 15) is 26.4 Å². The molecule has 202 valence electrons. The highest BCUT2D eigenvalue weighted by Gasteiger charge is 2.33. The first kappa shape index (κ1) is 27.7. The molecule has 0 aromatic heterocycles. The Morgan fingerprint density at radius 3 is 2.18 bits per heavy atom. The first-order valence-electron chi connectivity index (χ1n) is 11.9. The molecule has 4 aromatic rings. The van der Waals surface area contributed by atoms with Crippen molar-refractivity contribution in [3.05, 3.63) is 120 Å². The number of hydrogen-bond donors (Lipinski definition) is 1. The summed E-state index contributed by atoms with van der Waals surface area (Å²) < 4.78 is 73.5. The molecule has 1 N–H and O–H groups in total. The van der Waals surface area contributed by atoms with E-state index in [-0.39, 0.29) is 10.6 Å². The minimum atomic E-state index is -4.69. The fourth-order valence-electron chi connectivity index (χ4n) is 3.70. The maximum atomic E-state index is 13.5. The Balaban J connectivity index is 1.54.